The molecule has 0 aliphatic carbocycles. The topological polar surface area (TPSA) is 3.88 Å². The summed E-state index contributed by atoms with van der Waals surface area (Å²) in [7, 11) is 1.69. The van der Waals surface area contributed by atoms with Gasteiger partial charge in [-0.25, -0.2) is 4.57 Å². The maximum absolute atomic E-state index is 12.8. The Morgan fingerprint density at radius 3 is 2.50 bits per heavy atom. The lowest BCUT2D eigenvalue weighted by Crippen LogP contribution is -2.28. The van der Waals surface area contributed by atoms with Gasteiger partial charge < -0.3 is 0 Å². The smallest absolute Gasteiger partial charge is 0.201 e. The van der Waals surface area contributed by atoms with Crippen molar-refractivity contribution in [3.05, 3.63) is 41.0 Å². The zero-order valence-corrected chi connectivity index (χ0v) is 9.10. The fraction of sp³-hybridized carbons (Fsp3) is 0.182. The molecular weight excluding hydrogens is 239 g/mol. The van der Waals surface area contributed by atoms with E-state index in [1.165, 1.54) is 12.1 Å². The molecule has 0 amide bonds. The molecule has 0 aliphatic rings. The quantitative estimate of drug-likeness (QED) is 0.628. The Kier molecular flexibility index (Phi) is 2.54. The molecule has 1 aromatic heterocycles. The fourth-order valence-electron chi connectivity index (χ4n) is 1.69. The molecule has 0 aliphatic heterocycles. The number of fused-ring (bicyclic) bond motifs is 1. The van der Waals surface area contributed by atoms with Crippen LogP contribution in [0, 0.1) is 0 Å². The predicted octanol–water partition coefficient (Wildman–Crippen LogP) is 3.34. The molecule has 0 fully saturated rings. The van der Waals surface area contributed by atoms with Crippen LogP contribution in [-0.2, 0) is 13.2 Å². The van der Waals surface area contributed by atoms with E-state index in [2.05, 4.69) is 0 Å². The third-order valence-corrected chi connectivity index (χ3v) is 2.72. The largest absolute Gasteiger partial charge is 0.418 e. The molecule has 0 N–H and O–H groups in total. The van der Waals surface area contributed by atoms with Gasteiger partial charge in [-0.05, 0) is 12.1 Å². The lowest BCUT2D eigenvalue weighted by molar-refractivity contribution is -0.644. The molecule has 0 atom stereocenters. The second-order valence-electron chi connectivity index (χ2n) is 3.47. The summed E-state index contributed by atoms with van der Waals surface area (Å²) < 4.78 is 40.1. The highest BCUT2D eigenvalue weighted by Crippen LogP contribution is 2.38. The first-order valence-electron chi connectivity index (χ1n) is 4.55. The number of benzene rings is 1. The molecule has 0 saturated carbocycles. The monoisotopic (exact) mass is 246 g/mol. The average molecular weight is 247 g/mol. The van der Waals surface area contributed by atoms with Gasteiger partial charge in [0, 0.05) is 12.1 Å². The van der Waals surface area contributed by atoms with Gasteiger partial charge in [-0.3, -0.25) is 0 Å². The van der Waals surface area contributed by atoms with Gasteiger partial charge in [0.15, 0.2) is 6.20 Å². The van der Waals surface area contributed by atoms with Crippen molar-refractivity contribution < 1.29 is 17.7 Å². The molecule has 1 nitrogen and oxygen atoms in total. The molecular formula is C11H8ClF3N+. The molecule has 5 heteroatoms. The Morgan fingerprint density at radius 2 is 1.88 bits per heavy atom. The van der Waals surface area contributed by atoms with Crippen LogP contribution in [0.3, 0.4) is 0 Å². The lowest BCUT2D eigenvalue weighted by Gasteiger charge is -2.10. The van der Waals surface area contributed by atoms with Crippen LogP contribution < -0.4 is 4.57 Å². The zero-order chi connectivity index (χ0) is 11.9. The Balaban J connectivity index is 2.91. The van der Waals surface area contributed by atoms with E-state index in [4.69, 9.17) is 11.6 Å². The highest BCUT2D eigenvalue weighted by atomic mass is 35.5. The van der Waals surface area contributed by atoms with Crippen molar-refractivity contribution in [3.8, 4) is 0 Å². The minimum Gasteiger partial charge on any atom is -0.201 e. The van der Waals surface area contributed by atoms with E-state index < -0.39 is 11.7 Å². The predicted molar refractivity (Wildman–Crippen MR) is 55.1 cm³/mol. The van der Waals surface area contributed by atoms with E-state index in [1.807, 2.05) is 0 Å². The summed E-state index contributed by atoms with van der Waals surface area (Å²) in [6.45, 7) is 0. The summed E-state index contributed by atoms with van der Waals surface area (Å²) in [6.07, 6.45) is -2.75. The van der Waals surface area contributed by atoms with Gasteiger partial charge in [0.1, 0.15) is 7.05 Å². The maximum Gasteiger partial charge on any atom is 0.418 e. The molecule has 16 heavy (non-hydrogen) atoms. The van der Waals surface area contributed by atoms with Crippen molar-refractivity contribution in [2.75, 3.05) is 0 Å². The Hall–Kier alpha value is -1.29. The van der Waals surface area contributed by atoms with Crippen molar-refractivity contribution >= 4 is 22.5 Å². The first kappa shape index (κ1) is 11.2. The molecule has 1 heterocycles. The van der Waals surface area contributed by atoms with E-state index in [9.17, 15) is 13.2 Å². The molecule has 1 aromatic carbocycles. The Labute approximate surface area is 95.1 Å². The molecule has 0 unspecified atom stereocenters. The van der Waals surface area contributed by atoms with E-state index in [-0.39, 0.29) is 10.4 Å². The Morgan fingerprint density at radius 1 is 1.19 bits per heavy atom. The number of alkyl halides is 3. The summed E-state index contributed by atoms with van der Waals surface area (Å²) in [5.74, 6) is 0. The summed E-state index contributed by atoms with van der Waals surface area (Å²) in [5, 5.41) is -0.156. The first-order valence-corrected chi connectivity index (χ1v) is 4.93. The SMILES string of the molecule is C[n+]1cccc2c(C(F)(F)F)c(Cl)ccc21. The number of rotatable bonds is 0. The highest BCUT2D eigenvalue weighted by Gasteiger charge is 2.36. The summed E-state index contributed by atoms with van der Waals surface area (Å²) >= 11 is 5.61. The van der Waals surface area contributed by atoms with Crippen LogP contribution in [0.15, 0.2) is 30.5 Å². The maximum atomic E-state index is 12.8. The number of hydrogen-bond donors (Lipinski definition) is 0. The lowest BCUT2D eigenvalue weighted by atomic mass is 10.1. The number of hydrogen-bond acceptors (Lipinski definition) is 0. The number of nitrogens with zero attached hydrogens (tertiary/aromatic N) is 1. The normalized spacial score (nSPS) is 12.1. The summed E-state index contributed by atoms with van der Waals surface area (Å²) in [4.78, 5) is 0. The summed E-state index contributed by atoms with van der Waals surface area (Å²) in [6, 6.07) is 5.83. The number of pyridine rings is 1. The zero-order valence-electron chi connectivity index (χ0n) is 8.35. The van der Waals surface area contributed by atoms with Crippen LogP contribution in [0.1, 0.15) is 5.56 Å². The molecule has 0 saturated heterocycles. The van der Waals surface area contributed by atoms with Gasteiger partial charge in [-0.2, -0.15) is 13.2 Å². The average Bonchev–Trinajstić information content (AvgIpc) is 2.15. The van der Waals surface area contributed by atoms with E-state index in [1.54, 1.807) is 29.9 Å². The van der Waals surface area contributed by atoms with Gasteiger partial charge in [0.25, 0.3) is 0 Å². The van der Waals surface area contributed by atoms with Crippen LogP contribution in [0.25, 0.3) is 10.9 Å². The van der Waals surface area contributed by atoms with Gasteiger partial charge >= 0.3 is 6.18 Å². The van der Waals surface area contributed by atoms with Crippen molar-refractivity contribution in [2.24, 2.45) is 7.05 Å². The van der Waals surface area contributed by atoms with Crippen LogP contribution in [0.4, 0.5) is 13.2 Å². The molecule has 2 rings (SSSR count). The fourth-order valence-corrected chi connectivity index (χ4v) is 1.97. The standard InChI is InChI=1S/C11H8ClF3N/c1-16-6-2-3-7-9(16)5-4-8(12)10(7)11(13,14)15/h2-6H,1H3/q+1. The van der Waals surface area contributed by atoms with Gasteiger partial charge in [0.05, 0.1) is 16.0 Å². The number of aryl methyl sites for hydroxylation is 1. The minimum absolute atomic E-state index is 0.116. The number of halogens is 4. The number of aromatic nitrogens is 1. The van der Waals surface area contributed by atoms with Gasteiger partial charge in [0.2, 0.25) is 5.52 Å². The van der Waals surface area contributed by atoms with Crippen molar-refractivity contribution in [1.82, 2.24) is 0 Å². The van der Waals surface area contributed by atoms with Crippen LogP contribution >= 0.6 is 11.6 Å². The minimum atomic E-state index is -4.44. The molecule has 0 bridgehead atoms. The second kappa shape index (κ2) is 3.63. The van der Waals surface area contributed by atoms with Gasteiger partial charge in [-0.15, -0.1) is 0 Å². The molecule has 2 aromatic rings. The van der Waals surface area contributed by atoms with Gasteiger partial charge in [-0.1, -0.05) is 11.6 Å². The molecule has 84 valence electrons. The van der Waals surface area contributed by atoms with Crippen LogP contribution in [0.2, 0.25) is 5.02 Å². The van der Waals surface area contributed by atoms with Crippen LogP contribution in [-0.4, -0.2) is 0 Å². The van der Waals surface area contributed by atoms with E-state index in [0.29, 0.717) is 5.52 Å². The molecule has 0 radical (unpaired) electrons. The first-order chi connectivity index (χ1) is 7.41. The summed E-state index contributed by atoms with van der Waals surface area (Å²) in [5.41, 5.74) is -0.276. The second-order valence-corrected chi connectivity index (χ2v) is 3.88. The van der Waals surface area contributed by atoms with Crippen molar-refractivity contribution in [1.29, 1.82) is 0 Å². The van der Waals surface area contributed by atoms with Crippen molar-refractivity contribution in [2.45, 2.75) is 6.18 Å². The third kappa shape index (κ3) is 1.73. The van der Waals surface area contributed by atoms with E-state index in [0.717, 1.165) is 0 Å². The third-order valence-electron chi connectivity index (χ3n) is 2.41. The van der Waals surface area contributed by atoms with Crippen LogP contribution in [0.5, 0.6) is 0 Å². The highest BCUT2D eigenvalue weighted by molar-refractivity contribution is 6.32. The Bertz CT molecular complexity index is 549. The molecule has 0 spiro atoms. The van der Waals surface area contributed by atoms with Crippen molar-refractivity contribution in [3.63, 3.8) is 0 Å². The van der Waals surface area contributed by atoms with E-state index >= 15 is 0 Å².